The van der Waals surface area contributed by atoms with Gasteiger partial charge in [-0.25, -0.2) is 9.78 Å². The highest BCUT2D eigenvalue weighted by atomic mass is 19.4. The largest absolute Gasteiger partial charge is 0.419 e. The fraction of sp³-hybridized carbons (Fsp3) is 0.263. The van der Waals surface area contributed by atoms with E-state index in [9.17, 15) is 27.6 Å². The van der Waals surface area contributed by atoms with Gasteiger partial charge in [0, 0.05) is 24.8 Å². The summed E-state index contributed by atoms with van der Waals surface area (Å²) >= 11 is 0. The maximum Gasteiger partial charge on any atom is 0.419 e. The number of imide groups is 1. The monoisotopic (exact) mass is 421 g/mol. The van der Waals surface area contributed by atoms with Crippen LogP contribution in [-0.4, -0.2) is 35.9 Å². The van der Waals surface area contributed by atoms with Crippen LogP contribution in [0.5, 0.6) is 0 Å². The molecule has 1 saturated heterocycles. The molecule has 8 nitrogen and oxygen atoms in total. The van der Waals surface area contributed by atoms with Crippen molar-refractivity contribution in [1.82, 2.24) is 20.9 Å². The molecule has 0 saturated carbocycles. The summed E-state index contributed by atoms with van der Waals surface area (Å²) in [5.74, 6) is -1.34. The second-order valence-electron chi connectivity index (χ2n) is 6.69. The average molecular weight is 421 g/mol. The number of carbonyl (C=O) groups excluding carboxylic acids is 3. The summed E-state index contributed by atoms with van der Waals surface area (Å²) in [5, 5.41) is 9.79. The summed E-state index contributed by atoms with van der Waals surface area (Å²) in [6.45, 7) is 1.56. The Hall–Kier alpha value is -3.63. The molecule has 1 atom stereocenters. The summed E-state index contributed by atoms with van der Waals surface area (Å²) in [4.78, 5) is 39.5. The molecule has 1 aromatic heterocycles. The lowest BCUT2D eigenvalue weighted by atomic mass is 9.91. The molecule has 1 aliphatic heterocycles. The fourth-order valence-corrected chi connectivity index (χ4v) is 2.95. The number of aromatic nitrogens is 1. The highest BCUT2D eigenvalue weighted by Gasteiger charge is 2.43. The zero-order valence-corrected chi connectivity index (χ0v) is 15.8. The second-order valence-corrected chi connectivity index (χ2v) is 6.69. The number of alkyl halides is 3. The SMILES string of the molecule is C[C@]1(c2cccc(C(=O)NCCNc3ncccc3C(F)(F)F)c2)NC(=O)NC1=O. The molecule has 0 unspecified atom stereocenters. The first kappa shape index (κ1) is 21.1. The van der Waals surface area contributed by atoms with Gasteiger partial charge < -0.3 is 16.0 Å². The third kappa shape index (κ3) is 4.34. The van der Waals surface area contributed by atoms with Crippen LogP contribution in [0.3, 0.4) is 0 Å². The Bertz CT molecular complexity index is 995. The number of nitrogens with zero attached hydrogens (tertiary/aromatic N) is 1. The number of urea groups is 1. The maximum atomic E-state index is 13.0. The van der Waals surface area contributed by atoms with E-state index in [1.807, 2.05) is 0 Å². The molecule has 11 heteroatoms. The number of anilines is 1. The van der Waals surface area contributed by atoms with Crippen molar-refractivity contribution in [1.29, 1.82) is 0 Å². The van der Waals surface area contributed by atoms with Gasteiger partial charge in [0.1, 0.15) is 11.4 Å². The Labute approximate surface area is 169 Å². The Morgan fingerprint density at radius 2 is 1.93 bits per heavy atom. The number of hydrogen-bond acceptors (Lipinski definition) is 5. The highest BCUT2D eigenvalue weighted by Crippen LogP contribution is 2.33. The molecule has 0 aliphatic carbocycles. The number of benzene rings is 1. The molecule has 0 bridgehead atoms. The van der Waals surface area contributed by atoms with E-state index in [1.165, 1.54) is 31.3 Å². The zero-order chi connectivity index (χ0) is 21.9. The normalized spacial score (nSPS) is 18.5. The van der Waals surface area contributed by atoms with Crippen molar-refractivity contribution < 1.29 is 27.6 Å². The molecule has 4 amide bonds. The molecular weight excluding hydrogens is 403 g/mol. The van der Waals surface area contributed by atoms with Gasteiger partial charge in [-0.2, -0.15) is 13.2 Å². The van der Waals surface area contributed by atoms with Crippen LogP contribution in [0, 0.1) is 0 Å². The molecule has 1 aromatic carbocycles. The summed E-state index contributed by atoms with van der Waals surface area (Å²) < 4.78 is 38.9. The van der Waals surface area contributed by atoms with E-state index in [0.29, 0.717) is 5.56 Å². The predicted octanol–water partition coefficient (Wildman–Crippen LogP) is 2.00. The van der Waals surface area contributed by atoms with Crippen molar-refractivity contribution >= 4 is 23.7 Å². The van der Waals surface area contributed by atoms with Crippen LogP contribution in [0.15, 0.2) is 42.6 Å². The Morgan fingerprint density at radius 1 is 1.17 bits per heavy atom. The van der Waals surface area contributed by atoms with E-state index in [-0.39, 0.29) is 24.5 Å². The van der Waals surface area contributed by atoms with Crippen molar-refractivity contribution in [2.45, 2.75) is 18.6 Å². The van der Waals surface area contributed by atoms with Crippen molar-refractivity contribution in [2.75, 3.05) is 18.4 Å². The molecule has 4 N–H and O–H groups in total. The van der Waals surface area contributed by atoms with Crippen molar-refractivity contribution in [3.63, 3.8) is 0 Å². The van der Waals surface area contributed by atoms with Crippen LogP contribution in [0.25, 0.3) is 0 Å². The Kier molecular flexibility index (Phi) is 5.63. The minimum Gasteiger partial charge on any atom is -0.368 e. The average Bonchev–Trinajstić information content (AvgIpc) is 2.97. The number of rotatable bonds is 6. The minimum absolute atomic E-state index is 0.0156. The van der Waals surface area contributed by atoms with Crippen molar-refractivity contribution in [3.8, 4) is 0 Å². The van der Waals surface area contributed by atoms with Gasteiger partial charge in [0.05, 0.1) is 5.56 Å². The first-order valence-corrected chi connectivity index (χ1v) is 8.89. The lowest BCUT2D eigenvalue weighted by molar-refractivity contribution is -0.137. The molecule has 0 radical (unpaired) electrons. The molecule has 1 aliphatic rings. The molecule has 0 spiro atoms. The number of carbonyl (C=O) groups is 3. The van der Waals surface area contributed by atoms with Gasteiger partial charge in [-0.1, -0.05) is 12.1 Å². The maximum absolute atomic E-state index is 13.0. The van der Waals surface area contributed by atoms with Crippen molar-refractivity contribution in [2.24, 2.45) is 0 Å². The van der Waals surface area contributed by atoms with E-state index in [0.717, 1.165) is 6.07 Å². The van der Waals surface area contributed by atoms with Gasteiger partial charge in [0.2, 0.25) is 0 Å². The fourth-order valence-electron chi connectivity index (χ4n) is 2.95. The van der Waals surface area contributed by atoms with Gasteiger partial charge in [0.15, 0.2) is 0 Å². The zero-order valence-electron chi connectivity index (χ0n) is 15.8. The first-order chi connectivity index (χ1) is 14.1. The third-order valence-corrected chi connectivity index (χ3v) is 4.56. The van der Waals surface area contributed by atoms with Crippen LogP contribution in [-0.2, 0) is 16.5 Å². The number of nitrogens with one attached hydrogen (secondary N) is 4. The topological polar surface area (TPSA) is 112 Å². The van der Waals surface area contributed by atoms with E-state index in [1.54, 1.807) is 12.1 Å². The van der Waals surface area contributed by atoms with Gasteiger partial charge in [-0.15, -0.1) is 0 Å². The molecule has 30 heavy (non-hydrogen) atoms. The second kappa shape index (κ2) is 8.01. The standard InChI is InChI=1S/C19H18F3N5O3/c1-18(16(29)26-17(30)27-18)12-5-2-4-11(10-12)15(28)25-9-8-24-14-13(19(20,21)22)6-3-7-23-14/h2-7,10H,8-9H2,1H3,(H,23,24)(H,25,28)(H2,26,27,29,30)/t18-/m1/s1. The van der Waals surface area contributed by atoms with E-state index in [4.69, 9.17) is 0 Å². The van der Waals surface area contributed by atoms with Crippen LogP contribution >= 0.6 is 0 Å². The number of hydrogen-bond donors (Lipinski definition) is 4. The Morgan fingerprint density at radius 3 is 2.60 bits per heavy atom. The molecule has 158 valence electrons. The third-order valence-electron chi connectivity index (χ3n) is 4.56. The lowest BCUT2D eigenvalue weighted by Crippen LogP contribution is -2.40. The molecule has 2 aromatic rings. The predicted molar refractivity (Wildman–Crippen MR) is 101 cm³/mol. The number of pyridine rings is 1. The summed E-state index contributed by atoms with van der Waals surface area (Å²) in [6.07, 6.45) is -3.31. The smallest absolute Gasteiger partial charge is 0.368 e. The van der Waals surface area contributed by atoms with E-state index >= 15 is 0 Å². The van der Waals surface area contributed by atoms with Gasteiger partial charge >= 0.3 is 12.2 Å². The van der Waals surface area contributed by atoms with Crippen LogP contribution in [0.2, 0.25) is 0 Å². The summed E-state index contributed by atoms with van der Waals surface area (Å²) in [5.41, 5.74) is -1.55. The molecular formula is C19H18F3N5O3. The molecule has 1 fully saturated rings. The van der Waals surface area contributed by atoms with Gasteiger partial charge in [0.25, 0.3) is 11.8 Å². The van der Waals surface area contributed by atoms with Crippen LogP contribution < -0.4 is 21.3 Å². The molecule has 2 heterocycles. The van der Waals surface area contributed by atoms with Crippen LogP contribution in [0.4, 0.5) is 23.8 Å². The minimum atomic E-state index is -4.54. The van der Waals surface area contributed by atoms with E-state index < -0.39 is 35.1 Å². The first-order valence-electron chi connectivity index (χ1n) is 8.89. The molecule has 3 rings (SSSR count). The van der Waals surface area contributed by atoms with E-state index in [2.05, 4.69) is 26.3 Å². The van der Waals surface area contributed by atoms with Crippen LogP contribution in [0.1, 0.15) is 28.4 Å². The number of amides is 4. The highest BCUT2D eigenvalue weighted by molar-refractivity contribution is 6.07. The summed E-state index contributed by atoms with van der Waals surface area (Å²) in [7, 11) is 0. The quantitative estimate of drug-likeness (QED) is 0.421. The van der Waals surface area contributed by atoms with Crippen molar-refractivity contribution in [3.05, 3.63) is 59.3 Å². The lowest BCUT2D eigenvalue weighted by Gasteiger charge is -2.21. The summed E-state index contributed by atoms with van der Waals surface area (Å²) in [6, 6.07) is 7.63. The van der Waals surface area contributed by atoms with Gasteiger partial charge in [-0.05, 0) is 36.8 Å². The number of halogens is 3. The Balaban J connectivity index is 1.61. The van der Waals surface area contributed by atoms with Gasteiger partial charge in [-0.3, -0.25) is 14.9 Å².